The number of carbonyl (C=O) groups excluding carboxylic acids is 1. The van der Waals surface area contributed by atoms with E-state index in [1.807, 2.05) is 24.3 Å². The van der Waals surface area contributed by atoms with Gasteiger partial charge in [-0.3, -0.25) is 4.79 Å². The van der Waals surface area contributed by atoms with E-state index in [9.17, 15) is 4.79 Å². The zero-order valence-electron chi connectivity index (χ0n) is 11.4. The fourth-order valence-electron chi connectivity index (χ4n) is 1.88. The molecule has 2 heterocycles. The molecule has 2 N–H and O–H groups in total. The van der Waals surface area contributed by atoms with Crippen molar-refractivity contribution < 1.29 is 14.3 Å². The van der Waals surface area contributed by atoms with Crippen molar-refractivity contribution in [2.24, 2.45) is 0 Å². The van der Waals surface area contributed by atoms with Crippen LogP contribution in [0.3, 0.4) is 0 Å². The average molecular weight is 302 g/mol. The predicted octanol–water partition coefficient (Wildman–Crippen LogP) is 2.67. The van der Waals surface area contributed by atoms with Gasteiger partial charge < -0.3 is 14.8 Å². The van der Waals surface area contributed by atoms with Crippen molar-refractivity contribution in [3.05, 3.63) is 42.2 Å². The molecule has 0 bridgehead atoms. The second-order valence-corrected chi connectivity index (χ2v) is 5.74. The van der Waals surface area contributed by atoms with Gasteiger partial charge in [-0.05, 0) is 31.2 Å². The van der Waals surface area contributed by atoms with E-state index in [1.165, 1.54) is 11.3 Å². The summed E-state index contributed by atoms with van der Waals surface area (Å²) >= 11 is 1.52. The van der Waals surface area contributed by atoms with Crippen LogP contribution in [0.4, 0.5) is 0 Å². The number of carbonyl (C=O) groups is 1. The first-order valence-electron chi connectivity index (χ1n) is 6.55. The number of aromatic nitrogens is 1. The zero-order valence-corrected chi connectivity index (χ0v) is 12.2. The summed E-state index contributed by atoms with van der Waals surface area (Å²) in [5, 5.41) is 12.5. The highest BCUT2D eigenvalue weighted by molar-refractivity contribution is 7.21. The number of nitrogens with one attached hydrogen (secondary N) is 1. The minimum atomic E-state index is -0.590. The lowest BCUT2D eigenvalue weighted by Crippen LogP contribution is -2.30. The smallest absolute Gasteiger partial charge is 0.287 e. The number of furan rings is 1. The molecular weight excluding hydrogens is 288 g/mol. The van der Waals surface area contributed by atoms with Gasteiger partial charge in [0.25, 0.3) is 5.91 Å². The van der Waals surface area contributed by atoms with Gasteiger partial charge in [0.15, 0.2) is 16.5 Å². The maximum atomic E-state index is 11.8. The number of para-hydroxylation sites is 1. The van der Waals surface area contributed by atoms with Crippen LogP contribution in [0.15, 0.2) is 40.8 Å². The Morgan fingerprint density at radius 1 is 1.38 bits per heavy atom. The van der Waals surface area contributed by atoms with Crippen LogP contribution in [-0.2, 0) is 0 Å². The van der Waals surface area contributed by atoms with Crippen LogP contribution in [-0.4, -0.2) is 28.6 Å². The summed E-state index contributed by atoms with van der Waals surface area (Å²) in [5.74, 6) is 0.437. The quantitative estimate of drug-likeness (QED) is 0.777. The third-order valence-corrected chi connectivity index (χ3v) is 3.94. The highest BCUT2D eigenvalue weighted by Gasteiger charge is 2.15. The maximum Gasteiger partial charge on any atom is 0.287 e. The summed E-state index contributed by atoms with van der Waals surface area (Å²) in [4.78, 5) is 16.3. The van der Waals surface area contributed by atoms with E-state index in [0.717, 1.165) is 15.2 Å². The highest BCUT2D eigenvalue weighted by atomic mass is 32.1. The van der Waals surface area contributed by atoms with E-state index in [0.29, 0.717) is 5.76 Å². The molecule has 1 aromatic carbocycles. The van der Waals surface area contributed by atoms with Crippen molar-refractivity contribution in [2.75, 3.05) is 6.54 Å². The number of nitrogens with zero attached hydrogens (tertiary/aromatic N) is 1. The van der Waals surface area contributed by atoms with Gasteiger partial charge in [0.1, 0.15) is 0 Å². The van der Waals surface area contributed by atoms with Crippen molar-refractivity contribution in [1.29, 1.82) is 0 Å². The SMILES string of the molecule is CC(O)CNC(=O)c1ccc(-c2nc3ccccc3s2)o1. The molecule has 1 atom stereocenters. The van der Waals surface area contributed by atoms with Gasteiger partial charge in [0.2, 0.25) is 0 Å². The first-order chi connectivity index (χ1) is 10.1. The molecular formula is C15H14N2O3S. The van der Waals surface area contributed by atoms with Crippen molar-refractivity contribution >= 4 is 27.5 Å². The van der Waals surface area contributed by atoms with Gasteiger partial charge in [-0.25, -0.2) is 4.98 Å². The second-order valence-electron chi connectivity index (χ2n) is 4.71. The van der Waals surface area contributed by atoms with Crippen LogP contribution >= 0.6 is 11.3 Å². The molecule has 1 amide bonds. The molecule has 1 unspecified atom stereocenters. The lowest BCUT2D eigenvalue weighted by molar-refractivity contribution is 0.0897. The summed E-state index contributed by atoms with van der Waals surface area (Å²) in [6.45, 7) is 1.80. The second kappa shape index (κ2) is 5.67. The number of fused-ring (bicyclic) bond motifs is 1. The molecule has 5 nitrogen and oxygen atoms in total. The molecule has 0 saturated heterocycles. The number of hydrogen-bond donors (Lipinski definition) is 2. The Labute approximate surface area is 125 Å². The molecule has 6 heteroatoms. The van der Waals surface area contributed by atoms with Gasteiger partial charge in [-0.15, -0.1) is 11.3 Å². The Kier molecular flexibility index (Phi) is 3.72. The van der Waals surface area contributed by atoms with Crippen LogP contribution in [0, 0.1) is 0 Å². The third kappa shape index (κ3) is 2.96. The van der Waals surface area contributed by atoms with Crippen LogP contribution < -0.4 is 5.32 Å². The van der Waals surface area contributed by atoms with Gasteiger partial charge in [-0.1, -0.05) is 12.1 Å². The van der Waals surface area contributed by atoms with E-state index in [4.69, 9.17) is 9.52 Å². The van der Waals surface area contributed by atoms with E-state index in [2.05, 4.69) is 10.3 Å². The van der Waals surface area contributed by atoms with E-state index in [1.54, 1.807) is 19.1 Å². The molecule has 108 valence electrons. The molecule has 3 rings (SSSR count). The molecule has 0 radical (unpaired) electrons. The summed E-state index contributed by atoms with van der Waals surface area (Å²) in [5.41, 5.74) is 0.911. The highest BCUT2D eigenvalue weighted by Crippen LogP contribution is 2.30. The van der Waals surface area contributed by atoms with Crippen molar-refractivity contribution in [1.82, 2.24) is 10.3 Å². The van der Waals surface area contributed by atoms with Crippen LogP contribution in [0.1, 0.15) is 17.5 Å². The van der Waals surface area contributed by atoms with Gasteiger partial charge in [0, 0.05) is 6.54 Å². The molecule has 2 aromatic heterocycles. The molecule has 0 fully saturated rings. The summed E-state index contributed by atoms with van der Waals surface area (Å²) in [6, 6.07) is 11.2. The number of rotatable bonds is 4. The Bertz CT molecular complexity index is 743. The molecule has 21 heavy (non-hydrogen) atoms. The summed E-state index contributed by atoms with van der Waals surface area (Å²) in [6.07, 6.45) is -0.590. The fourth-order valence-corrected chi connectivity index (χ4v) is 2.81. The molecule has 0 aliphatic rings. The van der Waals surface area contributed by atoms with E-state index in [-0.39, 0.29) is 18.2 Å². The Balaban J connectivity index is 1.82. The lowest BCUT2D eigenvalue weighted by atomic mass is 10.3. The predicted molar refractivity (Wildman–Crippen MR) is 81.3 cm³/mol. The topological polar surface area (TPSA) is 75.4 Å². The first kappa shape index (κ1) is 13.8. The zero-order chi connectivity index (χ0) is 14.8. The normalized spacial score (nSPS) is 12.5. The number of amides is 1. The number of aliphatic hydroxyl groups is 1. The monoisotopic (exact) mass is 302 g/mol. The largest absolute Gasteiger partial charge is 0.448 e. The van der Waals surface area contributed by atoms with Gasteiger partial charge in [0.05, 0.1) is 16.3 Å². The molecule has 3 aromatic rings. The molecule has 0 saturated carbocycles. The van der Waals surface area contributed by atoms with Gasteiger partial charge >= 0.3 is 0 Å². The third-order valence-electron chi connectivity index (χ3n) is 2.89. The molecule has 0 spiro atoms. The number of aliphatic hydroxyl groups excluding tert-OH is 1. The standard InChI is InChI=1S/C15H14N2O3S/c1-9(18)8-16-14(19)11-6-7-12(20-11)15-17-10-4-2-3-5-13(10)21-15/h2-7,9,18H,8H2,1H3,(H,16,19). The van der Waals surface area contributed by atoms with E-state index >= 15 is 0 Å². The van der Waals surface area contributed by atoms with Crippen LogP contribution in [0.5, 0.6) is 0 Å². The van der Waals surface area contributed by atoms with Crippen molar-refractivity contribution in [3.63, 3.8) is 0 Å². The van der Waals surface area contributed by atoms with Gasteiger partial charge in [-0.2, -0.15) is 0 Å². The first-order valence-corrected chi connectivity index (χ1v) is 7.37. The summed E-state index contributed by atoms with van der Waals surface area (Å²) < 4.78 is 6.62. The maximum absolute atomic E-state index is 11.8. The van der Waals surface area contributed by atoms with Crippen molar-refractivity contribution in [2.45, 2.75) is 13.0 Å². The Hall–Kier alpha value is -2.18. The minimum Gasteiger partial charge on any atom is -0.448 e. The Morgan fingerprint density at radius 2 is 2.19 bits per heavy atom. The van der Waals surface area contributed by atoms with Crippen LogP contribution in [0.2, 0.25) is 0 Å². The summed E-state index contributed by atoms with van der Waals surface area (Å²) in [7, 11) is 0. The number of benzene rings is 1. The Morgan fingerprint density at radius 3 is 2.95 bits per heavy atom. The van der Waals surface area contributed by atoms with Crippen LogP contribution in [0.25, 0.3) is 21.0 Å². The lowest BCUT2D eigenvalue weighted by Gasteiger charge is -2.04. The minimum absolute atomic E-state index is 0.190. The van der Waals surface area contributed by atoms with Crippen molar-refractivity contribution in [3.8, 4) is 10.8 Å². The average Bonchev–Trinajstić information content (AvgIpc) is 3.10. The number of hydrogen-bond acceptors (Lipinski definition) is 5. The van der Waals surface area contributed by atoms with E-state index < -0.39 is 6.10 Å². The molecule has 0 aliphatic carbocycles. The fraction of sp³-hybridized carbons (Fsp3) is 0.200. The molecule has 0 aliphatic heterocycles. The number of thiazole rings is 1.